The molecule has 5 nitrogen and oxygen atoms in total. The lowest BCUT2D eigenvalue weighted by Gasteiger charge is -2.08. The number of carbonyl (C=O) groups is 1. The van der Waals surface area contributed by atoms with E-state index in [2.05, 4.69) is 9.72 Å². The van der Waals surface area contributed by atoms with Gasteiger partial charge >= 0.3 is 5.97 Å². The van der Waals surface area contributed by atoms with Gasteiger partial charge in [0.25, 0.3) is 6.43 Å². The van der Waals surface area contributed by atoms with Crippen molar-refractivity contribution in [2.24, 2.45) is 5.73 Å². The van der Waals surface area contributed by atoms with Crippen LogP contribution in [0.5, 0.6) is 0 Å². The molecule has 0 bridgehead atoms. The highest BCUT2D eigenvalue weighted by atomic mass is 19.3. The first-order chi connectivity index (χ1) is 8.51. The van der Waals surface area contributed by atoms with Crippen LogP contribution in [0.1, 0.15) is 30.2 Å². The Kier molecular flexibility index (Phi) is 4.96. The third-order valence-electron chi connectivity index (χ3n) is 2.34. The summed E-state index contributed by atoms with van der Waals surface area (Å²) in [4.78, 5) is 25.5. The van der Waals surface area contributed by atoms with Crippen LogP contribution in [-0.2, 0) is 22.5 Å². The van der Waals surface area contributed by atoms with E-state index in [1.807, 2.05) is 0 Å². The number of H-pyrrole nitrogens is 1. The van der Waals surface area contributed by atoms with E-state index in [4.69, 9.17) is 5.73 Å². The molecule has 0 saturated heterocycles. The third-order valence-corrected chi connectivity index (χ3v) is 2.34. The number of esters is 1. The highest BCUT2D eigenvalue weighted by Gasteiger charge is 2.20. The molecule has 0 fully saturated rings. The summed E-state index contributed by atoms with van der Waals surface area (Å²) in [5, 5.41) is 0. The van der Waals surface area contributed by atoms with Gasteiger partial charge in [-0.05, 0) is 6.92 Å². The monoisotopic (exact) mass is 260 g/mol. The zero-order valence-electron chi connectivity index (χ0n) is 9.83. The summed E-state index contributed by atoms with van der Waals surface area (Å²) in [7, 11) is 0. The first kappa shape index (κ1) is 14.3. The maximum Gasteiger partial charge on any atom is 0.310 e. The van der Waals surface area contributed by atoms with E-state index in [-0.39, 0.29) is 30.8 Å². The second-order valence-corrected chi connectivity index (χ2v) is 3.52. The maximum atomic E-state index is 12.7. The number of carbonyl (C=O) groups excluding carboxylic acids is 1. The minimum absolute atomic E-state index is 0.0254. The first-order valence-electron chi connectivity index (χ1n) is 5.38. The predicted molar refractivity (Wildman–Crippen MR) is 60.2 cm³/mol. The van der Waals surface area contributed by atoms with E-state index in [0.29, 0.717) is 0 Å². The van der Waals surface area contributed by atoms with E-state index in [0.717, 1.165) is 0 Å². The number of aromatic amines is 1. The Bertz CT molecular complexity index is 486. The Balaban J connectivity index is 3.13. The van der Waals surface area contributed by atoms with E-state index in [1.54, 1.807) is 6.92 Å². The summed E-state index contributed by atoms with van der Waals surface area (Å²) in [6, 6.07) is 0. The highest BCUT2D eigenvalue weighted by molar-refractivity contribution is 5.72. The number of hydrogen-bond acceptors (Lipinski definition) is 4. The van der Waals surface area contributed by atoms with Gasteiger partial charge < -0.3 is 15.5 Å². The Labute approximate surface area is 102 Å². The number of rotatable bonds is 5. The van der Waals surface area contributed by atoms with Crippen LogP contribution in [0.15, 0.2) is 11.0 Å². The van der Waals surface area contributed by atoms with Crippen LogP contribution in [0.2, 0.25) is 0 Å². The lowest BCUT2D eigenvalue weighted by atomic mass is 10.1. The number of nitrogens with one attached hydrogen (secondary N) is 1. The van der Waals surface area contributed by atoms with Gasteiger partial charge in [0, 0.05) is 24.0 Å². The normalized spacial score (nSPS) is 10.7. The van der Waals surface area contributed by atoms with E-state index < -0.39 is 23.4 Å². The van der Waals surface area contributed by atoms with Crippen molar-refractivity contribution in [2.45, 2.75) is 26.3 Å². The van der Waals surface area contributed by atoms with Crippen LogP contribution in [0.3, 0.4) is 0 Å². The summed E-state index contributed by atoms with van der Waals surface area (Å²) >= 11 is 0. The molecule has 0 amide bonds. The zero-order valence-corrected chi connectivity index (χ0v) is 9.83. The number of hydrogen-bond donors (Lipinski definition) is 2. The van der Waals surface area contributed by atoms with Gasteiger partial charge in [-0.3, -0.25) is 9.59 Å². The molecular formula is C11H14F2N2O3. The average molecular weight is 260 g/mol. The SMILES string of the molecule is CCOC(=O)Cc1c[nH]c(CN)c(C(F)F)c1=O. The number of pyridine rings is 1. The van der Waals surface area contributed by atoms with Crippen LogP contribution in [-0.4, -0.2) is 17.6 Å². The van der Waals surface area contributed by atoms with Crippen molar-refractivity contribution in [3.05, 3.63) is 33.2 Å². The second kappa shape index (κ2) is 6.25. The molecule has 18 heavy (non-hydrogen) atoms. The molecule has 1 aromatic rings. The highest BCUT2D eigenvalue weighted by Crippen LogP contribution is 2.18. The maximum absolute atomic E-state index is 12.7. The van der Waals surface area contributed by atoms with Crippen LogP contribution >= 0.6 is 0 Å². The van der Waals surface area contributed by atoms with Crippen molar-refractivity contribution >= 4 is 5.97 Å². The lowest BCUT2D eigenvalue weighted by Crippen LogP contribution is -2.23. The van der Waals surface area contributed by atoms with E-state index in [1.165, 1.54) is 6.20 Å². The average Bonchev–Trinajstić information content (AvgIpc) is 2.31. The standard InChI is InChI=1S/C11H14F2N2O3/c1-2-18-8(16)3-6-5-15-7(4-14)9(10(6)17)11(12)13/h5,11H,2-4,14H2,1H3,(H,15,17). The molecule has 7 heteroatoms. The summed E-state index contributed by atoms with van der Waals surface area (Å²) in [6.45, 7) is 1.58. The molecule has 0 spiro atoms. The number of nitrogens with two attached hydrogens (primary N) is 1. The fourth-order valence-corrected chi connectivity index (χ4v) is 1.53. The molecule has 100 valence electrons. The molecule has 3 N–H and O–H groups in total. The van der Waals surface area contributed by atoms with Crippen LogP contribution < -0.4 is 11.2 Å². The Morgan fingerprint density at radius 1 is 1.56 bits per heavy atom. The van der Waals surface area contributed by atoms with Crippen LogP contribution in [0, 0.1) is 0 Å². The molecule has 0 unspecified atom stereocenters. The quantitative estimate of drug-likeness (QED) is 0.769. The lowest BCUT2D eigenvalue weighted by molar-refractivity contribution is -0.142. The first-order valence-corrected chi connectivity index (χ1v) is 5.38. The van der Waals surface area contributed by atoms with Gasteiger partial charge in [-0.15, -0.1) is 0 Å². The Morgan fingerprint density at radius 2 is 2.22 bits per heavy atom. The van der Waals surface area contributed by atoms with E-state index >= 15 is 0 Å². The van der Waals surface area contributed by atoms with Crippen molar-refractivity contribution in [2.75, 3.05) is 6.61 Å². The van der Waals surface area contributed by atoms with Crippen LogP contribution in [0.4, 0.5) is 8.78 Å². The van der Waals surface area contributed by atoms with E-state index in [9.17, 15) is 18.4 Å². The van der Waals surface area contributed by atoms with Crippen molar-refractivity contribution < 1.29 is 18.3 Å². The molecule has 0 radical (unpaired) electrons. The fourth-order valence-electron chi connectivity index (χ4n) is 1.53. The van der Waals surface area contributed by atoms with Gasteiger partial charge in [-0.25, -0.2) is 8.78 Å². The molecule has 0 aliphatic rings. The van der Waals surface area contributed by atoms with Gasteiger partial charge in [-0.2, -0.15) is 0 Å². The summed E-state index contributed by atoms with van der Waals surface area (Å²) in [5.74, 6) is -0.635. The predicted octanol–water partition coefficient (Wildman–Crippen LogP) is 0.877. The van der Waals surface area contributed by atoms with Crippen molar-refractivity contribution in [3.8, 4) is 0 Å². The number of alkyl halides is 2. The van der Waals surface area contributed by atoms with Gasteiger partial charge in [0.15, 0.2) is 5.43 Å². The Morgan fingerprint density at radius 3 is 2.72 bits per heavy atom. The van der Waals surface area contributed by atoms with Crippen molar-refractivity contribution in [3.63, 3.8) is 0 Å². The third kappa shape index (κ3) is 3.13. The van der Waals surface area contributed by atoms with Gasteiger partial charge in [0.2, 0.25) is 0 Å². The minimum atomic E-state index is -2.94. The summed E-state index contributed by atoms with van der Waals surface area (Å²) in [5.41, 5.74) is 3.64. The largest absolute Gasteiger partial charge is 0.466 e. The van der Waals surface area contributed by atoms with Crippen LogP contribution in [0.25, 0.3) is 0 Å². The summed E-state index contributed by atoms with van der Waals surface area (Å²) in [6.07, 6.45) is -2.06. The molecule has 0 aliphatic heterocycles. The smallest absolute Gasteiger partial charge is 0.310 e. The summed E-state index contributed by atoms with van der Waals surface area (Å²) < 4.78 is 30.2. The Hall–Kier alpha value is -1.76. The van der Waals surface area contributed by atoms with Gasteiger partial charge in [-0.1, -0.05) is 0 Å². The van der Waals surface area contributed by atoms with Crippen molar-refractivity contribution in [1.29, 1.82) is 0 Å². The number of halogens is 2. The molecule has 1 rings (SSSR count). The molecule has 0 aliphatic carbocycles. The number of aromatic nitrogens is 1. The molecular weight excluding hydrogens is 246 g/mol. The molecule has 1 heterocycles. The van der Waals surface area contributed by atoms with Gasteiger partial charge in [0.1, 0.15) is 0 Å². The molecule has 0 atom stereocenters. The molecule has 0 aromatic carbocycles. The zero-order chi connectivity index (χ0) is 13.7. The molecule has 1 aromatic heterocycles. The fraction of sp³-hybridized carbons (Fsp3) is 0.455. The second-order valence-electron chi connectivity index (χ2n) is 3.52. The minimum Gasteiger partial charge on any atom is -0.466 e. The molecule has 0 saturated carbocycles. The topological polar surface area (TPSA) is 85.2 Å². The van der Waals surface area contributed by atoms with Gasteiger partial charge in [0.05, 0.1) is 18.6 Å². The van der Waals surface area contributed by atoms with Crippen molar-refractivity contribution in [1.82, 2.24) is 4.98 Å². The number of ether oxygens (including phenoxy) is 1.